The molecular formula is C18H23ClN4O2. The second-order valence-corrected chi connectivity index (χ2v) is 7.56. The molecule has 2 aromatic rings. The van der Waals surface area contributed by atoms with Crippen molar-refractivity contribution in [1.29, 1.82) is 0 Å². The highest BCUT2D eigenvalue weighted by molar-refractivity contribution is 6.30. The van der Waals surface area contributed by atoms with Crippen LogP contribution >= 0.6 is 11.6 Å². The largest absolute Gasteiger partial charge is 0.444 e. The Hall–Kier alpha value is -2.08. The zero-order chi connectivity index (χ0) is 18.0. The maximum atomic E-state index is 12.3. The molecule has 3 heterocycles. The monoisotopic (exact) mass is 362 g/mol. The molecule has 1 amide bonds. The second-order valence-electron chi connectivity index (χ2n) is 7.17. The Morgan fingerprint density at radius 1 is 1.20 bits per heavy atom. The highest BCUT2D eigenvalue weighted by atomic mass is 35.5. The summed E-state index contributed by atoms with van der Waals surface area (Å²) in [5.41, 5.74) is -0.482. The van der Waals surface area contributed by atoms with Gasteiger partial charge in [-0.15, -0.1) is 0 Å². The van der Waals surface area contributed by atoms with E-state index in [1.54, 1.807) is 17.3 Å². The molecule has 6 nitrogen and oxygen atoms in total. The minimum Gasteiger partial charge on any atom is -0.444 e. The summed E-state index contributed by atoms with van der Waals surface area (Å²) in [4.78, 5) is 25.0. The maximum absolute atomic E-state index is 12.3. The van der Waals surface area contributed by atoms with Gasteiger partial charge in [0.1, 0.15) is 16.6 Å². The molecular weight excluding hydrogens is 340 g/mol. The fraction of sp³-hybridized carbons (Fsp3) is 0.500. The lowest BCUT2D eigenvalue weighted by atomic mass is 10.2. The van der Waals surface area contributed by atoms with E-state index in [9.17, 15) is 4.79 Å². The molecule has 1 saturated heterocycles. The van der Waals surface area contributed by atoms with Gasteiger partial charge in [-0.3, -0.25) is 0 Å². The third-order valence-corrected chi connectivity index (χ3v) is 4.25. The summed E-state index contributed by atoms with van der Waals surface area (Å²) >= 11 is 6.06. The van der Waals surface area contributed by atoms with Crippen molar-refractivity contribution in [1.82, 2.24) is 14.9 Å². The molecule has 0 aliphatic carbocycles. The smallest absolute Gasteiger partial charge is 0.410 e. The van der Waals surface area contributed by atoms with Gasteiger partial charge in [0.2, 0.25) is 0 Å². The number of carbonyl (C=O) groups is 1. The normalized spacial score (nSPS) is 16.0. The third kappa shape index (κ3) is 4.31. The number of ether oxygens (including phenoxy) is 1. The van der Waals surface area contributed by atoms with Crippen LogP contribution in [0, 0.1) is 0 Å². The lowest BCUT2D eigenvalue weighted by molar-refractivity contribution is 0.0263. The van der Waals surface area contributed by atoms with E-state index in [4.69, 9.17) is 16.3 Å². The summed E-state index contributed by atoms with van der Waals surface area (Å²) in [6.07, 6.45) is 4.14. The average Bonchev–Trinajstić information content (AvgIpc) is 2.78. The molecule has 0 aromatic carbocycles. The predicted molar refractivity (Wildman–Crippen MR) is 99.2 cm³/mol. The molecule has 0 bridgehead atoms. The number of fused-ring (bicyclic) bond motifs is 1. The molecule has 0 saturated carbocycles. The van der Waals surface area contributed by atoms with E-state index in [-0.39, 0.29) is 6.09 Å². The van der Waals surface area contributed by atoms with Crippen LogP contribution in [0.5, 0.6) is 0 Å². The number of hydrogen-bond acceptors (Lipinski definition) is 5. The molecule has 3 rings (SSSR count). The zero-order valence-electron chi connectivity index (χ0n) is 14.8. The van der Waals surface area contributed by atoms with Crippen molar-refractivity contribution < 1.29 is 9.53 Å². The highest BCUT2D eigenvalue weighted by Crippen LogP contribution is 2.26. The van der Waals surface area contributed by atoms with Gasteiger partial charge in [-0.2, -0.15) is 0 Å². The number of rotatable bonds is 1. The number of aromatic nitrogens is 2. The van der Waals surface area contributed by atoms with Gasteiger partial charge in [0.15, 0.2) is 0 Å². The molecule has 25 heavy (non-hydrogen) atoms. The first-order chi connectivity index (χ1) is 11.8. The number of carbonyl (C=O) groups excluding carboxylic acids is 1. The summed E-state index contributed by atoms with van der Waals surface area (Å²) in [5, 5.41) is 2.43. The van der Waals surface area contributed by atoms with Crippen molar-refractivity contribution in [3.8, 4) is 0 Å². The first-order valence-corrected chi connectivity index (χ1v) is 8.84. The van der Waals surface area contributed by atoms with Gasteiger partial charge in [0.05, 0.1) is 0 Å². The quantitative estimate of drug-likeness (QED) is 0.723. The minimum absolute atomic E-state index is 0.257. The summed E-state index contributed by atoms with van der Waals surface area (Å²) in [6, 6.07) is 3.77. The van der Waals surface area contributed by atoms with E-state index >= 15 is 0 Å². The molecule has 2 aromatic heterocycles. The Labute approximate surface area is 152 Å². The van der Waals surface area contributed by atoms with Gasteiger partial charge in [-0.1, -0.05) is 11.6 Å². The topological polar surface area (TPSA) is 58.6 Å². The zero-order valence-corrected chi connectivity index (χ0v) is 15.6. The SMILES string of the molecule is CC(C)(C)OC(=O)N1CCCN(c2nccc3cnc(Cl)cc23)CC1. The number of pyridine rings is 2. The molecule has 0 unspecified atom stereocenters. The number of halogens is 1. The van der Waals surface area contributed by atoms with Gasteiger partial charge < -0.3 is 14.5 Å². The summed E-state index contributed by atoms with van der Waals surface area (Å²) in [5.74, 6) is 0.882. The second kappa shape index (κ2) is 7.04. The lowest BCUT2D eigenvalue weighted by Crippen LogP contribution is -2.39. The van der Waals surface area contributed by atoms with Crippen molar-refractivity contribution in [2.45, 2.75) is 32.8 Å². The van der Waals surface area contributed by atoms with Crippen LogP contribution < -0.4 is 4.90 Å². The van der Waals surface area contributed by atoms with Crippen molar-refractivity contribution in [2.24, 2.45) is 0 Å². The maximum Gasteiger partial charge on any atom is 0.410 e. The van der Waals surface area contributed by atoms with E-state index in [0.717, 1.165) is 29.6 Å². The molecule has 0 N–H and O–H groups in total. The summed E-state index contributed by atoms with van der Waals surface area (Å²) in [6.45, 7) is 8.45. The Bertz CT molecular complexity index is 775. The van der Waals surface area contributed by atoms with Crippen molar-refractivity contribution in [3.05, 3.63) is 29.7 Å². The van der Waals surface area contributed by atoms with E-state index < -0.39 is 5.60 Å². The van der Waals surface area contributed by atoms with Crippen LogP contribution in [-0.2, 0) is 4.74 Å². The highest BCUT2D eigenvalue weighted by Gasteiger charge is 2.25. The number of nitrogens with zero attached hydrogens (tertiary/aromatic N) is 4. The van der Waals surface area contributed by atoms with Crippen LogP contribution in [0.3, 0.4) is 0 Å². The molecule has 1 aliphatic heterocycles. The fourth-order valence-corrected chi connectivity index (χ4v) is 3.07. The number of amides is 1. The number of hydrogen-bond donors (Lipinski definition) is 0. The standard InChI is InChI=1S/C18H23ClN4O2/c1-18(2,3)25-17(24)23-8-4-7-22(9-10-23)16-14-11-15(19)21-12-13(14)5-6-20-16/h5-6,11-12H,4,7-10H2,1-3H3. The van der Waals surface area contributed by atoms with Crippen molar-refractivity contribution >= 4 is 34.3 Å². The Kier molecular flexibility index (Phi) is 4.99. The van der Waals surface area contributed by atoms with Gasteiger partial charge >= 0.3 is 6.09 Å². The van der Waals surface area contributed by atoms with E-state index in [2.05, 4.69) is 14.9 Å². The van der Waals surface area contributed by atoms with Crippen LogP contribution in [0.15, 0.2) is 24.5 Å². The van der Waals surface area contributed by atoms with Gasteiger partial charge in [-0.05, 0) is 39.3 Å². The van der Waals surface area contributed by atoms with E-state index in [1.165, 1.54) is 0 Å². The molecule has 1 aliphatic rings. The molecule has 1 fully saturated rings. The van der Waals surface area contributed by atoms with Gasteiger partial charge in [0.25, 0.3) is 0 Å². The first kappa shape index (κ1) is 17.7. The Morgan fingerprint density at radius 2 is 2.00 bits per heavy atom. The Balaban J connectivity index is 1.78. The van der Waals surface area contributed by atoms with Crippen LogP contribution in [-0.4, -0.2) is 52.7 Å². The van der Waals surface area contributed by atoms with Crippen LogP contribution in [0.2, 0.25) is 5.15 Å². The third-order valence-electron chi connectivity index (χ3n) is 4.04. The predicted octanol–water partition coefficient (Wildman–Crippen LogP) is 3.73. The van der Waals surface area contributed by atoms with E-state index in [0.29, 0.717) is 24.8 Å². The average molecular weight is 363 g/mol. The van der Waals surface area contributed by atoms with Gasteiger partial charge in [0, 0.05) is 49.3 Å². The van der Waals surface area contributed by atoms with Crippen molar-refractivity contribution in [3.63, 3.8) is 0 Å². The summed E-state index contributed by atoms with van der Waals surface area (Å²) in [7, 11) is 0. The first-order valence-electron chi connectivity index (χ1n) is 8.47. The Morgan fingerprint density at radius 3 is 2.76 bits per heavy atom. The van der Waals surface area contributed by atoms with Crippen LogP contribution in [0.25, 0.3) is 10.8 Å². The summed E-state index contributed by atoms with van der Waals surface area (Å²) < 4.78 is 5.49. The molecule has 134 valence electrons. The molecule has 0 radical (unpaired) electrons. The number of anilines is 1. The fourth-order valence-electron chi connectivity index (χ4n) is 2.91. The molecule has 0 atom stereocenters. The lowest BCUT2D eigenvalue weighted by Gasteiger charge is -2.27. The minimum atomic E-state index is -0.482. The van der Waals surface area contributed by atoms with Crippen LogP contribution in [0.1, 0.15) is 27.2 Å². The van der Waals surface area contributed by atoms with Crippen LogP contribution in [0.4, 0.5) is 10.6 Å². The van der Waals surface area contributed by atoms with E-state index in [1.807, 2.05) is 32.9 Å². The van der Waals surface area contributed by atoms with Crippen molar-refractivity contribution in [2.75, 3.05) is 31.1 Å². The molecule has 0 spiro atoms. The van der Waals surface area contributed by atoms with Gasteiger partial charge in [-0.25, -0.2) is 14.8 Å². The molecule has 7 heteroatoms.